The molecule has 0 saturated carbocycles. The Labute approximate surface area is 226 Å². The van der Waals surface area contributed by atoms with Gasteiger partial charge in [-0.2, -0.15) is 0 Å². The molecular formula is C30H31F2N2O5+. The molecule has 0 aromatic heterocycles. The molecule has 204 valence electrons. The fourth-order valence-electron chi connectivity index (χ4n) is 5.56. The number of esters is 1. The van der Waals surface area contributed by atoms with Crippen molar-refractivity contribution in [2.75, 3.05) is 38.2 Å². The summed E-state index contributed by atoms with van der Waals surface area (Å²) in [5.74, 6) is -0.152. The minimum Gasteiger partial charge on any atom is -0.497 e. The summed E-state index contributed by atoms with van der Waals surface area (Å²) in [5.41, 5.74) is 0.716. The number of para-hydroxylation sites is 1. The van der Waals surface area contributed by atoms with Crippen LogP contribution in [0.5, 0.6) is 11.5 Å². The second-order valence-corrected chi connectivity index (χ2v) is 10.2. The standard InChI is InChI=1S/C30H31F2N2O5/c1-37-24-5-4-6-25(17-24)38-29(35)20-34-15-13-22(14-16-34)28(19-34)39-30(36)33(27-8-3-2-7-26(27)32)18-21-9-11-23(31)12-10-21/h2-12,17,22,28H,13-16,18-20H2,1H3/q+1/t22?,28-,34?/m0/s1. The van der Waals surface area contributed by atoms with Crippen LogP contribution in [0.25, 0.3) is 0 Å². The van der Waals surface area contributed by atoms with Crippen LogP contribution in [0.1, 0.15) is 18.4 Å². The zero-order valence-corrected chi connectivity index (χ0v) is 21.7. The summed E-state index contributed by atoms with van der Waals surface area (Å²) in [6, 6.07) is 18.6. The predicted octanol–water partition coefficient (Wildman–Crippen LogP) is 5.33. The van der Waals surface area contributed by atoms with Crippen LogP contribution in [-0.2, 0) is 16.1 Å². The van der Waals surface area contributed by atoms with Gasteiger partial charge >= 0.3 is 12.1 Å². The van der Waals surface area contributed by atoms with Crippen molar-refractivity contribution in [1.29, 1.82) is 0 Å². The molecule has 1 amide bonds. The number of methoxy groups -OCH3 is 1. The van der Waals surface area contributed by atoms with Gasteiger partial charge in [-0.15, -0.1) is 0 Å². The first-order valence-electron chi connectivity index (χ1n) is 13.0. The number of carbonyl (C=O) groups is 2. The van der Waals surface area contributed by atoms with E-state index in [9.17, 15) is 18.4 Å². The molecule has 3 fully saturated rings. The minimum absolute atomic E-state index is 0.0182. The number of benzene rings is 3. The molecule has 0 unspecified atom stereocenters. The zero-order chi connectivity index (χ0) is 27.4. The van der Waals surface area contributed by atoms with E-state index in [0.717, 1.165) is 25.9 Å². The monoisotopic (exact) mass is 537 g/mol. The number of ether oxygens (including phenoxy) is 3. The van der Waals surface area contributed by atoms with Crippen molar-refractivity contribution in [3.05, 3.63) is 90.0 Å². The Morgan fingerprint density at radius 1 is 0.949 bits per heavy atom. The van der Waals surface area contributed by atoms with E-state index in [1.165, 1.54) is 29.2 Å². The summed E-state index contributed by atoms with van der Waals surface area (Å²) in [7, 11) is 1.55. The molecule has 0 radical (unpaired) electrons. The lowest BCUT2D eigenvalue weighted by molar-refractivity contribution is -0.939. The van der Waals surface area contributed by atoms with E-state index in [0.29, 0.717) is 28.1 Å². The number of rotatable bonds is 8. The highest BCUT2D eigenvalue weighted by atomic mass is 19.1. The smallest absolute Gasteiger partial charge is 0.415 e. The maximum absolute atomic E-state index is 14.8. The maximum atomic E-state index is 14.8. The summed E-state index contributed by atoms with van der Waals surface area (Å²) in [5, 5.41) is 0. The second-order valence-electron chi connectivity index (χ2n) is 10.2. The maximum Gasteiger partial charge on any atom is 0.415 e. The topological polar surface area (TPSA) is 65.1 Å². The number of hydrogen-bond acceptors (Lipinski definition) is 5. The summed E-state index contributed by atoms with van der Waals surface area (Å²) < 4.78 is 45.5. The fourth-order valence-corrected chi connectivity index (χ4v) is 5.56. The first kappa shape index (κ1) is 26.6. The zero-order valence-electron chi connectivity index (χ0n) is 21.7. The molecule has 7 nitrogen and oxygen atoms in total. The van der Waals surface area contributed by atoms with Gasteiger partial charge in [-0.1, -0.05) is 30.3 Å². The largest absolute Gasteiger partial charge is 0.497 e. The van der Waals surface area contributed by atoms with Crippen molar-refractivity contribution in [3.63, 3.8) is 0 Å². The quantitative estimate of drug-likeness (QED) is 0.221. The Morgan fingerprint density at radius 3 is 2.38 bits per heavy atom. The van der Waals surface area contributed by atoms with Crippen LogP contribution < -0.4 is 14.4 Å². The Morgan fingerprint density at radius 2 is 1.67 bits per heavy atom. The number of hydrogen-bond donors (Lipinski definition) is 0. The first-order valence-corrected chi connectivity index (χ1v) is 13.0. The lowest BCUT2D eigenvalue weighted by Gasteiger charge is -2.51. The number of quaternary nitrogens is 1. The van der Waals surface area contributed by atoms with Gasteiger partial charge in [-0.25, -0.2) is 18.4 Å². The van der Waals surface area contributed by atoms with Crippen LogP contribution >= 0.6 is 0 Å². The van der Waals surface area contributed by atoms with Crippen LogP contribution in [0.4, 0.5) is 19.3 Å². The van der Waals surface area contributed by atoms with Gasteiger partial charge in [-0.3, -0.25) is 4.90 Å². The number of piperidine rings is 3. The number of carbonyl (C=O) groups excluding carboxylic acids is 2. The van der Waals surface area contributed by atoms with Gasteiger partial charge in [0.15, 0.2) is 12.6 Å². The molecule has 1 atom stereocenters. The van der Waals surface area contributed by atoms with Crippen LogP contribution in [0.2, 0.25) is 0 Å². The van der Waals surface area contributed by atoms with E-state index in [-0.39, 0.29) is 30.7 Å². The minimum atomic E-state index is -0.680. The highest BCUT2D eigenvalue weighted by molar-refractivity contribution is 5.87. The van der Waals surface area contributed by atoms with E-state index in [4.69, 9.17) is 14.2 Å². The fraction of sp³-hybridized carbons (Fsp3) is 0.333. The molecule has 3 aliphatic heterocycles. The molecule has 2 bridgehead atoms. The van der Waals surface area contributed by atoms with Crippen LogP contribution in [0.15, 0.2) is 72.8 Å². The van der Waals surface area contributed by atoms with E-state index in [2.05, 4.69) is 0 Å². The molecule has 6 rings (SSSR count). The van der Waals surface area contributed by atoms with Crippen molar-refractivity contribution < 1.29 is 37.1 Å². The third kappa shape index (κ3) is 6.20. The molecule has 9 heteroatoms. The van der Waals surface area contributed by atoms with E-state index in [1.807, 2.05) is 0 Å². The van der Waals surface area contributed by atoms with Crippen molar-refractivity contribution in [2.24, 2.45) is 5.92 Å². The lowest BCUT2D eigenvalue weighted by Crippen LogP contribution is -2.66. The highest BCUT2D eigenvalue weighted by Gasteiger charge is 2.49. The average molecular weight is 538 g/mol. The summed E-state index contributed by atoms with van der Waals surface area (Å²) in [6.45, 7) is 2.23. The number of amides is 1. The second kappa shape index (κ2) is 11.4. The molecule has 0 aliphatic carbocycles. The number of fused-ring (bicyclic) bond motifs is 3. The SMILES string of the molecule is COc1cccc(OC(=O)C[N+]23CCC(CC2)[C@@H](OC(=O)N(Cc2ccc(F)cc2)c2ccccc2F)C3)c1. The van der Waals surface area contributed by atoms with Gasteiger partial charge in [0, 0.05) is 24.8 Å². The Bertz CT molecular complexity index is 1320. The third-order valence-corrected chi connectivity index (χ3v) is 7.65. The molecule has 0 N–H and O–H groups in total. The third-order valence-electron chi connectivity index (χ3n) is 7.65. The number of anilines is 1. The molecule has 39 heavy (non-hydrogen) atoms. The average Bonchev–Trinajstić information content (AvgIpc) is 2.93. The highest BCUT2D eigenvalue weighted by Crippen LogP contribution is 2.36. The van der Waals surface area contributed by atoms with Gasteiger partial charge in [0.1, 0.15) is 29.7 Å². The predicted molar refractivity (Wildman–Crippen MR) is 140 cm³/mol. The lowest BCUT2D eigenvalue weighted by atomic mass is 9.83. The van der Waals surface area contributed by atoms with Crippen molar-refractivity contribution in [3.8, 4) is 11.5 Å². The summed E-state index contributed by atoms with van der Waals surface area (Å²) in [6.07, 6.45) is 0.511. The number of halogens is 2. The van der Waals surface area contributed by atoms with Crippen LogP contribution in [0, 0.1) is 17.6 Å². The van der Waals surface area contributed by atoms with Gasteiger partial charge in [0.25, 0.3) is 0 Å². The Balaban J connectivity index is 1.29. The molecule has 3 saturated heterocycles. The Kier molecular flexibility index (Phi) is 7.79. The van der Waals surface area contributed by atoms with Gasteiger partial charge < -0.3 is 18.7 Å². The van der Waals surface area contributed by atoms with Crippen LogP contribution in [-0.4, -0.2) is 55.9 Å². The first-order chi connectivity index (χ1) is 18.8. The molecular weight excluding hydrogens is 506 g/mol. The van der Waals surface area contributed by atoms with Gasteiger partial charge in [0.05, 0.1) is 32.4 Å². The van der Waals surface area contributed by atoms with E-state index in [1.54, 1.807) is 55.6 Å². The van der Waals surface area contributed by atoms with Gasteiger partial charge in [0.2, 0.25) is 0 Å². The Hall–Kier alpha value is -3.98. The van der Waals surface area contributed by atoms with Crippen molar-refractivity contribution >= 4 is 17.7 Å². The molecule has 3 aromatic rings. The molecule has 3 heterocycles. The van der Waals surface area contributed by atoms with Crippen LogP contribution in [0.3, 0.4) is 0 Å². The number of nitrogens with zero attached hydrogens (tertiary/aromatic N) is 2. The van der Waals surface area contributed by atoms with E-state index < -0.39 is 23.8 Å². The van der Waals surface area contributed by atoms with Crippen molar-refractivity contribution in [2.45, 2.75) is 25.5 Å². The van der Waals surface area contributed by atoms with Gasteiger partial charge in [-0.05, 0) is 42.0 Å². The molecule has 0 spiro atoms. The summed E-state index contributed by atoms with van der Waals surface area (Å²) >= 11 is 0. The summed E-state index contributed by atoms with van der Waals surface area (Å²) in [4.78, 5) is 27.6. The van der Waals surface area contributed by atoms with Crippen molar-refractivity contribution in [1.82, 2.24) is 0 Å². The normalized spacial score (nSPS) is 21.7. The van der Waals surface area contributed by atoms with E-state index >= 15 is 0 Å². The molecule has 3 aromatic carbocycles. The molecule has 3 aliphatic rings.